The number of aryl methyl sites for hydroxylation is 1. The fourth-order valence-electron chi connectivity index (χ4n) is 3.95. The van der Waals surface area contributed by atoms with Gasteiger partial charge in [0.15, 0.2) is 0 Å². The van der Waals surface area contributed by atoms with Crippen LogP contribution >= 0.6 is 0 Å². The second-order valence-corrected chi connectivity index (χ2v) is 11.8. The lowest BCUT2D eigenvalue weighted by Gasteiger charge is -2.32. The molecule has 0 saturated heterocycles. The van der Waals surface area contributed by atoms with Crippen LogP contribution in [0.3, 0.4) is 0 Å². The minimum absolute atomic E-state index is 0.0169. The summed E-state index contributed by atoms with van der Waals surface area (Å²) >= 11 is 0. The van der Waals surface area contributed by atoms with Crippen molar-refractivity contribution in [1.29, 1.82) is 0 Å². The Kier molecular flexibility index (Phi) is 8.51. The number of benzene rings is 3. The van der Waals surface area contributed by atoms with Crippen LogP contribution in [0.5, 0.6) is 5.75 Å². The Hall–Kier alpha value is -3.85. The number of hydrogen-bond donors (Lipinski definition) is 4. The first-order valence-corrected chi connectivity index (χ1v) is 13.8. The third-order valence-corrected chi connectivity index (χ3v) is 7.82. The molecular weight excluding hydrogens is 502 g/mol. The molecule has 0 aliphatic carbocycles. The molecule has 8 nitrogen and oxygen atoms in total. The van der Waals surface area contributed by atoms with E-state index in [2.05, 4.69) is 23.9 Å². The zero-order valence-corrected chi connectivity index (χ0v) is 23.4. The van der Waals surface area contributed by atoms with Crippen molar-refractivity contribution in [2.24, 2.45) is 5.92 Å². The van der Waals surface area contributed by atoms with Gasteiger partial charge < -0.3 is 10.4 Å². The highest BCUT2D eigenvalue weighted by Crippen LogP contribution is 2.42. The van der Waals surface area contributed by atoms with Crippen LogP contribution in [0.4, 0.5) is 11.4 Å². The first kappa shape index (κ1) is 28.7. The van der Waals surface area contributed by atoms with Crippen LogP contribution < -0.4 is 14.8 Å². The number of amides is 2. The fraction of sp³-hybridized carbons (Fsp3) is 0.310. The number of phenols is 1. The maximum atomic E-state index is 13.4. The molecule has 3 aromatic rings. The molecule has 9 heteroatoms. The minimum Gasteiger partial charge on any atom is -0.505 e. The van der Waals surface area contributed by atoms with E-state index in [4.69, 9.17) is 0 Å². The number of carbonyl (C=O) groups is 2. The standard InChI is InChI=1S/C29H35N3O5S/c1-18(2)29(5,6)24-16-22(15-21-13-11-19(3)12-14-21)17-26(27(24)34)30-28(35)23-9-7-8-10-25(23)32-38(36,37)31-20(4)33/h7-14,16-18,32,34H,15H2,1-6H3,(H,30,35)(H,31,33). The SMILES string of the molecule is CC(=O)NS(=O)(=O)Nc1ccccc1C(=O)Nc1cc(Cc2ccc(C)cc2)cc(C(C)(C)C(C)C)c1O. The molecule has 4 N–H and O–H groups in total. The highest BCUT2D eigenvalue weighted by Gasteiger charge is 2.30. The Morgan fingerprint density at radius 1 is 0.947 bits per heavy atom. The van der Waals surface area contributed by atoms with Gasteiger partial charge in [-0.2, -0.15) is 8.42 Å². The third kappa shape index (κ3) is 6.92. The van der Waals surface area contributed by atoms with Crippen LogP contribution in [0.2, 0.25) is 0 Å². The van der Waals surface area contributed by atoms with Crippen molar-refractivity contribution in [2.75, 3.05) is 10.0 Å². The lowest BCUT2D eigenvalue weighted by molar-refractivity contribution is -0.117. The molecule has 202 valence electrons. The van der Waals surface area contributed by atoms with E-state index < -0.39 is 27.4 Å². The summed E-state index contributed by atoms with van der Waals surface area (Å²) in [7, 11) is -4.23. The maximum absolute atomic E-state index is 13.4. The second kappa shape index (κ2) is 11.3. The number of anilines is 2. The number of hydrogen-bond acceptors (Lipinski definition) is 5. The summed E-state index contributed by atoms with van der Waals surface area (Å²) in [6.07, 6.45) is 0.595. The van der Waals surface area contributed by atoms with Crippen molar-refractivity contribution in [3.63, 3.8) is 0 Å². The predicted octanol–water partition coefficient (Wildman–Crippen LogP) is 5.27. The van der Waals surface area contributed by atoms with E-state index in [-0.39, 0.29) is 28.6 Å². The molecule has 0 aliphatic heterocycles. The molecular formula is C29H35N3O5S. The van der Waals surface area contributed by atoms with Crippen LogP contribution in [0.1, 0.15) is 67.2 Å². The van der Waals surface area contributed by atoms with Crippen LogP contribution in [0.15, 0.2) is 60.7 Å². The molecule has 0 radical (unpaired) electrons. The van der Waals surface area contributed by atoms with Crippen LogP contribution in [0.25, 0.3) is 0 Å². The van der Waals surface area contributed by atoms with Crippen molar-refractivity contribution in [3.8, 4) is 5.75 Å². The molecule has 0 fully saturated rings. The Bertz CT molecular complexity index is 1450. The van der Waals surface area contributed by atoms with Gasteiger partial charge in [0.2, 0.25) is 5.91 Å². The average molecular weight is 538 g/mol. The molecule has 0 unspecified atom stereocenters. The molecule has 0 bridgehead atoms. The smallest absolute Gasteiger partial charge is 0.323 e. The maximum Gasteiger partial charge on any atom is 0.323 e. The Labute approximate surface area is 224 Å². The number of carbonyl (C=O) groups excluding carboxylic acids is 2. The second-order valence-electron chi connectivity index (χ2n) is 10.3. The van der Waals surface area contributed by atoms with E-state index in [0.29, 0.717) is 12.0 Å². The molecule has 2 amide bonds. The van der Waals surface area contributed by atoms with Gasteiger partial charge in [0, 0.05) is 12.5 Å². The number of rotatable bonds is 9. The highest BCUT2D eigenvalue weighted by atomic mass is 32.2. The highest BCUT2D eigenvalue weighted by molar-refractivity contribution is 7.91. The van der Waals surface area contributed by atoms with Gasteiger partial charge in [-0.05, 0) is 54.0 Å². The van der Waals surface area contributed by atoms with Crippen molar-refractivity contribution < 1.29 is 23.1 Å². The van der Waals surface area contributed by atoms with E-state index in [9.17, 15) is 23.1 Å². The Balaban J connectivity index is 2.02. The molecule has 3 aromatic carbocycles. The van der Waals surface area contributed by atoms with Gasteiger partial charge in [-0.3, -0.25) is 14.3 Å². The molecule has 0 aromatic heterocycles. The summed E-state index contributed by atoms with van der Waals surface area (Å²) < 4.78 is 28.5. The van der Waals surface area contributed by atoms with Crippen LogP contribution in [-0.2, 0) is 26.8 Å². The number of aromatic hydroxyl groups is 1. The van der Waals surface area contributed by atoms with Crippen molar-refractivity contribution in [1.82, 2.24) is 4.72 Å². The zero-order valence-electron chi connectivity index (χ0n) is 22.5. The molecule has 0 atom stereocenters. The van der Waals surface area contributed by atoms with Gasteiger partial charge in [-0.1, -0.05) is 75.7 Å². The molecule has 0 saturated carbocycles. The predicted molar refractivity (Wildman–Crippen MR) is 151 cm³/mol. The van der Waals surface area contributed by atoms with E-state index in [1.54, 1.807) is 18.2 Å². The van der Waals surface area contributed by atoms with Gasteiger partial charge in [0.25, 0.3) is 5.91 Å². The molecule has 0 spiro atoms. The Morgan fingerprint density at radius 2 is 1.58 bits per heavy atom. The van der Waals surface area contributed by atoms with E-state index in [1.807, 2.05) is 55.8 Å². The number of nitrogens with one attached hydrogen (secondary N) is 3. The molecule has 3 rings (SSSR count). The minimum atomic E-state index is -4.23. The fourth-order valence-corrected chi connectivity index (χ4v) is 4.85. The van der Waals surface area contributed by atoms with Crippen molar-refractivity contribution in [3.05, 3.63) is 88.5 Å². The van der Waals surface area contributed by atoms with Crippen molar-refractivity contribution in [2.45, 2.75) is 53.4 Å². The summed E-state index contributed by atoms with van der Waals surface area (Å²) in [5.41, 5.74) is 3.68. The van der Waals surface area contributed by atoms with Gasteiger partial charge >= 0.3 is 10.2 Å². The summed E-state index contributed by atoms with van der Waals surface area (Å²) in [5, 5.41) is 14.0. The molecule has 0 aliphatic rings. The van der Waals surface area contributed by atoms with Gasteiger partial charge in [0.05, 0.1) is 16.9 Å². The van der Waals surface area contributed by atoms with E-state index in [0.717, 1.165) is 23.6 Å². The van der Waals surface area contributed by atoms with E-state index in [1.165, 1.54) is 12.1 Å². The topological polar surface area (TPSA) is 125 Å². The normalized spacial score (nSPS) is 11.8. The lowest BCUT2D eigenvalue weighted by Crippen LogP contribution is -2.34. The average Bonchev–Trinajstić information content (AvgIpc) is 2.81. The van der Waals surface area contributed by atoms with Crippen LogP contribution in [0, 0.1) is 12.8 Å². The van der Waals surface area contributed by atoms with E-state index >= 15 is 0 Å². The summed E-state index contributed by atoms with van der Waals surface area (Å²) in [5.74, 6) is -1.24. The third-order valence-electron chi connectivity index (χ3n) is 6.78. The summed E-state index contributed by atoms with van der Waals surface area (Å²) in [4.78, 5) is 24.6. The molecule has 0 heterocycles. The summed E-state index contributed by atoms with van der Waals surface area (Å²) in [6.45, 7) is 11.3. The monoisotopic (exact) mass is 537 g/mol. The molecule has 38 heavy (non-hydrogen) atoms. The summed E-state index contributed by atoms with van der Waals surface area (Å²) in [6, 6.07) is 17.9. The number of para-hydroxylation sites is 1. The Morgan fingerprint density at radius 3 is 2.18 bits per heavy atom. The largest absolute Gasteiger partial charge is 0.505 e. The zero-order chi connectivity index (χ0) is 28.3. The van der Waals surface area contributed by atoms with Crippen molar-refractivity contribution >= 4 is 33.4 Å². The lowest BCUT2D eigenvalue weighted by atomic mass is 9.74. The van der Waals surface area contributed by atoms with Gasteiger partial charge in [0.1, 0.15) is 5.75 Å². The number of phenolic OH excluding ortho intramolecular Hbond substituents is 1. The quantitative estimate of drug-likeness (QED) is 0.277. The van der Waals surface area contributed by atoms with Gasteiger partial charge in [-0.15, -0.1) is 0 Å². The first-order valence-electron chi connectivity index (χ1n) is 12.3. The van der Waals surface area contributed by atoms with Gasteiger partial charge in [-0.25, -0.2) is 4.72 Å². The first-order chi connectivity index (χ1) is 17.7. The van der Waals surface area contributed by atoms with Crippen LogP contribution in [-0.4, -0.2) is 25.3 Å².